The summed E-state index contributed by atoms with van der Waals surface area (Å²) in [5, 5.41) is 0. The molecule has 1 aliphatic carbocycles. The van der Waals surface area contributed by atoms with E-state index in [1.54, 1.807) is 5.56 Å². The van der Waals surface area contributed by atoms with Gasteiger partial charge in [0.15, 0.2) is 0 Å². The van der Waals surface area contributed by atoms with E-state index in [0.29, 0.717) is 0 Å². The van der Waals surface area contributed by atoms with Crippen LogP contribution in [0.25, 0.3) is 6.08 Å². The number of hydrogen-bond acceptors (Lipinski definition) is 0. The summed E-state index contributed by atoms with van der Waals surface area (Å²) < 4.78 is 0. The molecule has 0 aromatic heterocycles. The van der Waals surface area contributed by atoms with Crippen LogP contribution in [0.5, 0.6) is 0 Å². The third-order valence-electron chi connectivity index (χ3n) is 2.69. The van der Waals surface area contributed by atoms with Gasteiger partial charge in [-0.3, -0.25) is 0 Å². The number of fused-ring (bicyclic) bond motifs is 1. The van der Waals surface area contributed by atoms with Crippen LogP contribution in [0.2, 0.25) is 6.55 Å². The van der Waals surface area contributed by atoms with Gasteiger partial charge in [-0.25, -0.2) is 0 Å². The Morgan fingerprint density at radius 1 is 1.31 bits per heavy atom. The van der Waals surface area contributed by atoms with Crippen LogP contribution in [0.3, 0.4) is 0 Å². The van der Waals surface area contributed by atoms with E-state index in [-0.39, 0.29) is 39.1 Å². The molecule has 0 saturated carbocycles. The van der Waals surface area contributed by atoms with E-state index in [9.17, 15) is 0 Å². The van der Waals surface area contributed by atoms with Crippen molar-refractivity contribution in [2.24, 2.45) is 0 Å². The molecule has 1 aromatic carbocycles. The van der Waals surface area contributed by atoms with Gasteiger partial charge in [0.05, 0.1) is 0 Å². The van der Waals surface area contributed by atoms with E-state index in [4.69, 9.17) is 0 Å². The fraction of sp³-hybridized carbons (Fsp3) is 0.273. The van der Waals surface area contributed by atoms with E-state index < -0.39 is 0 Å². The zero-order valence-corrected chi connectivity index (χ0v) is 9.09. The average Bonchev–Trinajstić information content (AvgIpc) is 2.49. The molecule has 0 aliphatic heterocycles. The predicted octanol–water partition coefficient (Wildman–Crippen LogP) is 1.63. The third-order valence-corrected chi connectivity index (χ3v) is 4.28. The first kappa shape index (κ1) is 11.3. The van der Waals surface area contributed by atoms with Gasteiger partial charge in [-0.15, -0.1) is 0 Å². The Bertz CT molecular complexity index is 331. The predicted molar refractivity (Wildman–Crippen MR) is 64.5 cm³/mol. The molecule has 0 heterocycles. The monoisotopic (exact) mass is 198 g/mol. The van der Waals surface area contributed by atoms with E-state index >= 15 is 0 Å². The van der Waals surface area contributed by atoms with E-state index in [1.165, 1.54) is 11.1 Å². The van der Waals surface area contributed by atoms with Gasteiger partial charge >= 0.3 is 29.6 Å². The van der Waals surface area contributed by atoms with Gasteiger partial charge in [0.25, 0.3) is 0 Å². The fourth-order valence-corrected chi connectivity index (χ4v) is 3.13. The van der Waals surface area contributed by atoms with Crippen molar-refractivity contribution < 1.29 is 0 Å². The average molecular weight is 198 g/mol. The number of hydrogen-bond donors (Lipinski definition) is 0. The standard InChI is InChI=1S/C11H14Si.Na.H/c1-8-4-3-5-10-9(8)6-7-11(10)12-2;;/h3-7,11H,12H2,1-2H3;;. The molecule has 0 radical (unpaired) electrons. The molecule has 0 N–H and O–H groups in total. The van der Waals surface area contributed by atoms with Crippen molar-refractivity contribution in [1.29, 1.82) is 0 Å². The molecule has 1 unspecified atom stereocenters. The van der Waals surface area contributed by atoms with Gasteiger partial charge in [0.2, 0.25) is 0 Å². The summed E-state index contributed by atoms with van der Waals surface area (Å²) in [4.78, 5) is 0. The molecule has 0 fully saturated rings. The number of rotatable bonds is 1. The first-order valence-corrected chi connectivity index (χ1v) is 6.83. The molecule has 0 bridgehead atoms. The van der Waals surface area contributed by atoms with Gasteiger partial charge in [-0.05, 0) is 29.2 Å². The van der Waals surface area contributed by atoms with Crippen molar-refractivity contribution in [3.8, 4) is 0 Å². The van der Waals surface area contributed by atoms with Crippen LogP contribution in [0.15, 0.2) is 24.3 Å². The van der Waals surface area contributed by atoms with Crippen molar-refractivity contribution in [1.82, 2.24) is 0 Å². The normalized spacial score (nSPS) is 19.1. The molecule has 0 saturated heterocycles. The van der Waals surface area contributed by atoms with Gasteiger partial charge in [0.1, 0.15) is 0 Å². The molecule has 2 rings (SSSR count). The van der Waals surface area contributed by atoms with Crippen molar-refractivity contribution in [3.05, 3.63) is 41.0 Å². The summed E-state index contributed by atoms with van der Waals surface area (Å²) >= 11 is 0. The molecule has 0 spiro atoms. The zero-order valence-electron chi connectivity index (χ0n) is 7.67. The molecule has 13 heavy (non-hydrogen) atoms. The molecular formula is C11H15NaSi. The molecule has 1 aliphatic rings. The van der Waals surface area contributed by atoms with Crippen LogP contribution in [0.1, 0.15) is 22.2 Å². The van der Waals surface area contributed by atoms with E-state index in [1.807, 2.05) is 0 Å². The van der Waals surface area contributed by atoms with Crippen molar-refractivity contribution in [2.75, 3.05) is 0 Å². The third kappa shape index (κ3) is 1.99. The Morgan fingerprint density at radius 3 is 2.77 bits per heavy atom. The Labute approximate surface area is 105 Å². The Balaban J connectivity index is 0.000000845. The SMILES string of the molecule is C[SiH2]C1C=Cc2c(C)cccc21.[NaH]. The first-order chi connectivity index (χ1) is 5.83. The topological polar surface area (TPSA) is 0 Å². The minimum absolute atomic E-state index is 0. The number of benzene rings is 1. The quantitative estimate of drug-likeness (QED) is 0.602. The van der Waals surface area contributed by atoms with E-state index in [0.717, 1.165) is 5.54 Å². The molecule has 1 atom stereocenters. The maximum atomic E-state index is 2.38. The Morgan fingerprint density at radius 2 is 2.08 bits per heavy atom. The number of allylic oxidation sites excluding steroid dienone is 1. The second-order valence-corrected chi connectivity index (χ2v) is 5.15. The summed E-state index contributed by atoms with van der Waals surface area (Å²) in [6.45, 7) is 4.58. The van der Waals surface area contributed by atoms with Gasteiger partial charge in [0, 0.05) is 9.52 Å². The summed E-state index contributed by atoms with van der Waals surface area (Å²) in [6, 6.07) is 6.66. The Hall–Kier alpha value is 0.177. The van der Waals surface area contributed by atoms with Crippen LogP contribution < -0.4 is 0 Å². The molecule has 1 aromatic rings. The summed E-state index contributed by atoms with van der Waals surface area (Å²) in [7, 11) is 0.0790. The summed E-state index contributed by atoms with van der Waals surface area (Å²) in [6.07, 6.45) is 4.68. The van der Waals surface area contributed by atoms with Crippen molar-refractivity contribution in [2.45, 2.75) is 19.0 Å². The minimum atomic E-state index is 0. The molecule has 0 amide bonds. The van der Waals surface area contributed by atoms with Crippen molar-refractivity contribution in [3.63, 3.8) is 0 Å². The number of aryl methyl sites for hydroxylation is 1. The summed E-state index contributed by atoms with van der Waals surface area (Å²) in [5.74, 6) is 0. The van der Waals surface area contributed by atoms with Crippen LogP contribution in [0.4, 0.5) is 0 Å². The fourth-order valence-electron chi connectivity index (χ4n) is 1.93. The molecule has 64 valence electrons. The molecule has 2 heteroatoms. The second kappa shape index (κ2) is 4.60. The van der Waals surface area contributed by atoms with Gasteiger partial charge in [-0.1, -0.05) is 36.9 Å². The van der Waals surface area contributed by atoms with Gasteiger partial charge < -0.3 is 0 Å². The van der Waals surface area contributed by atoms with Crippen LogP contribution in [0, 0.1) is 6.92 Å². The maximum absolute atomic E-state index is 2.38. The first-order valence-electron chi connectivity index (χ1n) is 4.60. The van der Waals surface area contributed by atoms with E-state index in [2.05, 4.69) is 43.8 Å². The van der Waals surface area contributed by atoms with Crippen molar-refractivity contribution >= 4 is 45.2 Å². The van der Waals surface area contributed by atoms with Gasteiger partial charge in [-0.2, -0.15) is 0 Å². The second-order valence-electron chi connectivity index (χ2n) is 3.45. The molecular weight excluding hydrogens is 183 g/mol. The van der Waals surface area contributed by atoms with Crippen LogP contribution in [-0.4, -0.2) is 39.1 Å². The summed E-state index contributed by atoms with van der Waals surface area (Å²) in [5.41, 5.74) is 5.29. The zero-order chi connectivity index (χ0) is 8.55. The van der Waals surface area contributed by atoms with Crippen LogP contribution >= 0.6 is 0 Å². The van der Waals surface area contributed by atoms with Crippen LogP contribution in [-0.2, 0) is 0 Å². The Kier molecular flexibility index (Phi) is 3.99. The molecule has 0 nitrogen and oxygen atoms in total.